The molecule has 0 radical (unpaired) electrons. The molecule has 10 nitrogen and oxygen atoms in total. The number of esters is 2. The van der Waals surface area contributed by atoms with Gasteiger partial charge in [0.05, 0.1) is 42.8 Å². The highest BCUT2D eigenvalue weighted by molar-refractivity contribution is 7.07. The average molecular weight is 560 g/mol. The van der Waals surface area contributed by atoms with Crippen molar-refractivity contribution >= 4 is 40.4 Å². The maximum atomic E-state index is 14.2. The van der Waals surface area contributed by atoms with E-state index in [0.29, 0.717) is 27.3 Å². The third-order valence-corrected chi connectivity index (χ3v) is 7.68. The van der Waals surface area contributed by atoms with Crippen molar-refractivity contribution in [1.29, 1.82) is 0 Å². The number of carbonyl (C=O) groups is 3. The first-order chi connectivity index (χ1) is 19.2. The molecule has 1 amide bonds. The first kappa shape index (κ1) is 26.8. The lowest BCUT2D eigenvalue weighted by Gasteiger charge is -2.25. The normalized spacial score (nSPS) is 17.1. The van der Waals surface area contributed by atoms with E-state index in [2.05, 4.69) is 11.6 Å². The lowest BCUT2D eigenvalue weighted by molar-refractivity contribution is -0.136. The van der Waals surface area contributed by atoms with Crippen molar-refractivity contribution in [2.75, 3.05) is 25.7 Å². The van der Waals surface area contributed by atoms with Gasteiger partial charge in [0.15, 0.2) is 16.3 Å². The minimum Gasteiger partial charge on any atom is -0.493 e. The van der Waals surface area contributed by atoms with E-state index in [-0.39, 0.29) is 39.6 Å². The molecule has 1 aromatic heterocycles. The van der Waals surface area contributed by atoms with Crippen LogP contribution in [0.4, 0.5) is 5.69 Å². The van der Waals surface area contributed by atoms with E-state index in [1.165, 1.54) is 31.8 Å². The number of amides is 1. The molecular formula is C29H25N3O7S. The van der Waals surface area contributed by atoms with Gasteiger partial charge in [-0.3, -0.25) is 19.0 Å². The van der Waals surface area contributed by atoms with Gasteiger partial charge in [0.2, 0.25) is 0 Å². The summed E-state index contributed by atoms with van der Waals surface area (Å²) in [4.78, 5) is 58.8. The van der Waals surface area contributed by atoms with Gasteiger partial charge in [-0.1, -0.05) is 41.7 Å². The van der Waals surface area contributed by atoms with Crippen LogP contribution >= 0.6 is 11.3 Å². The summed E-state index contributed by atoms with van der Waals surface area (Å²) in [5, 5.41) is 0. The number of allylic oxidation sites excluding steroid dienone is 1. The van der Waals surface area contributed by atoms with Crippen LogP contribution in [0.25, 0.3) is 5.57 Å². The quantitative estimate of drug-likeness (QED) is 0.258. The molecule has 11 heteroatoms. The van der Waals surface area contributed by atoms with Crippen LogP contribution in [0.1, 0.15) is 31.0 Å². The fraction of sp³-hybridized carbons (Fsp3) is 0.207. The molecule has 3 aromatic rings. The molecule has 0 saturated carbocycles. The van der Waals surface area contributed by atoms with Crippen molar-refractivity contribution in [3.05, 3.63) is 97.2 Å². The lowest BCUT2D eigenvalue weighted by Crippen LogP contribution is -2.40. The highest BCUT2D eigenvalue weighted by Crippen LogP contribution is 2.37. The van der Waals surface area contributed by atoms with E-state index in [0.717, 1.165) is 11.3 Å². The smallest absolute Gasteiger partial charge is 0.338 e. The Labute approximate surface area is 232 Å². The maximum Gasteiger partial charge on any atom is 0.338 e. The molecule has 5 rings (SSSR count). The molecule has 1 atom stereocenters. The summed E-state index contributed by atoms with van der Waals surface area (Å²) in [6.07, 6.45) is 1.62. The molecule has 0 aliphatic carbocycles. The number of rotatable bonds is 6. The highest BCUT2D eigenvalue weighted by Gasteiger charge is 2.37. The predicted octanol–water partition coefficient (Wildman–Crippen LogP) is 2.24. The molecule has 0 fully saturated rings. The van der Waals surface area contributed by atoms with Crippen molar-refractivity contribution in [3.8, 4) is 11.5 Å². The van der Waals surface area contributed by atoms with E-state index in [1.807, 2.05) is 12.1 Å². The number of hydrogen-bond acceptors (Lipinski definition) is 9. The number of methoxy groups -OCH3 is 2. The molecule has 0 saturated heterocycles. The highest BCUT2D eigenvalue weighted by atomic mass is 32.1. The van der Waals surface area contributed by atoms with Gasteiger partial charge in [-0.2, -0.15) is 0 Å². The van der Waals surface area contributed by atoms with Gasteiger partial charge in [0.25, 0.3) is 11.5 Å². The monoisotopic (exact) mass is 559 g/mol. The summed E-state index contributed by atoms with van der Waals surface area (Å²) in [5.74, 6) is -1.09. The van der Waals surface area contributed by atoms with Crippen molar-refractivity contribution in [3.63, 3.8) is 0 Å². The van der Waals surface area contributed by atoms with Crippen LogP contribution in [0.15, 0.2) is 76.2 Å². The first-order valence-corrected chi connectivity index (χ1v) is 13.0. The fourth-order valence-corrected chi connectivity index (χ4v) is 6.10. The molecule has 2 aromatic carbocycles. The summed E-state index contributed by atoms with van der Waals surface area (Å²) in [7, 11) is 2.67. The second-order valence-electron chi connectivity index (χ2n) is 8.99. The molecule has 2 aliphatic heterocycles. The second kappa shape index (κ2) is 10.4. The van der Waals surface area contributed by atoms with Crippen LogP contribution < -0.4 is 29.3 Å². The molecule has 40 heavy (non-hydrogen) atoms. The van der Waals surface area contributed by atoms with E-state index in [9.17, 15) is 19.2 Å². The van der Waals surface area contributed by atoms with Gasteiger partial charge in [0, 0.05) is 19.0 Å². The van der Waals surface area contributed by atoms with Crippen molar-refractivity contribution < 1.29 is 28.6 Å². The van der Waals surface area contributed by atoms with Gasteiger partial charge in [-0.25, -0.2) is 9.79 Å². The zero-order valence-corrected chi connectivity index (χ0v) is 23.0. The number of para-hydroxylation sites is 1. The van der Waals surface area contributed by atoms with E-state index >= 15 is 0 Å². The van der Waals surface area contributed by atoms with Crippen LogP contribution in [0.3, 0.4) is 0 Å². The van der Waals surface area contributed by atoms with Crippen LogP contribution in [0.2, 0.25) is 0 Å². The van der Waals surface area contributed by atoms with E-state index < -0.39 is 23.5 Å². The summed E-state index contributed by atoms with van der Waals surface area (Å²) in [6.45, 7) is 6.96. The first-order valence-electron chi connectivity index (χ1n) is 12.2. The summed E-state index contributed by atoms with van der Waals surface area (Å²) in [6, 6.07) is 11.1. The number of fused-ring (bicyclic) bond motifs is 2. The maximum absolute atomic E-state index is 14.2. The number of thiazole rings is 1. The fourth-order valence-electron chi connectivity index (χ4n) is 4.96. The van der Waals surface area contributed by atoms with Gasteiger partial charge >= 0.3 is 11.9 Å². The SMILES string of the molecule is C=CCN1C(=O)/C(=c2\sc3n(c2=O)[C@@H](c2ccc(OC(C)=O)c(OC)c2)C(C(=O)OC)=C(C)N=3)c2ccccc21. The Balaban J connectivity index is 1.80. The van der Waals surface area contributed by atoms with Crippen LogP contribution in [-0.2, 0) is 19.1 Å². The minimum absolute atomic E-state index is 0.153. The van der Waals surface area contributed by atoms with Crippen molar-refractivity contribution in [1.82, 2.24) is 4.57 Å². The number of nitrogens with zero attached hydrogens (tertiary/aromatic N) is 3. The van der Waals surface area contributed by atoms with Crippen LogP contribution in [-0.4, -0.2) is 43.2 Å². The van der Waals surface area contributed by atoms with Gasteiger partial charge in [-0.05, 0) is 30.7 Å². The molecule has 204 valence electrons. The number of carbonyl (C=O) groups excluding carboxylic acids is 3. The zero-order valence-electron chi connectivity index (χ0n) is 22.2. The topological polar surface area (TPSA) is 117 Å². The largest absolute Gasteiger partial charge is 0.493 e. The van der Waals surface area contributed by atoms with Gasteiger partial charge in [0.1, 0.15) is 4.53 Å². The van der Waals surface area contributed by atoms with Gasteiger partial charge in [-0.15, -0.1) is 6.58 Å². The minimum atomic E-state index is -0.950. The van der Waals surface area contributed by atoms with Gasteiger partial charge < -0.3 is 19.1 Å². The Bertz CT molecular complexity index is 1820. The van der Waals surface area contributed by atoms with Crippen molar-refractivity contribution in [2.45, 2.75) is 19.9 Å². The molecule has 3 heterocycles. The second-order valence-corrected chi connectivity index (χ2v) is 9.97. The number of anilines is 1. The number of hydrogen-bond donors (Lipinski definition) is 0. The average Bonchev–Trinajstić information content (AvgIpc) is 3.40. The summed E-state index contributed by atoms with van der Waals surface area (Å²) >= 11 is 1.08. The van der Waals surface area contributed by atoms with Crippen molar-refractivity contribution in [2.24, 2.45) is 4.99 Å². The molecular weight excluding hydrogens is 534 g/mol. The third-order valence-electron chi connectivity index (χ3n) is 6.62. The third kappa shape index (κ3) is 4.24. The van der Waals surface area contributed by atoms with E-state index in [1.54, 1.807) is 42.2 Å². The van der Waals surface area contributed by atoms with E-state index in [4.69, 9.17) is 14.2 Å². The Morgan fingerprint density at radius 2 is 1.88 bits per heavy atom. The Morgan fingerprint density at radius 1 is 1.12 bits per heavy atom. The zero-order chi connectivity index (χ0) is 28.7. The van der Waals surface area contributed by atoms with Crippen LogP contribution in [0, 0.1) is 0 Å². The molecule has 0 bridgehead atoms. The predicted molar refractivity (Wildman–Crippen MR) is 148 cm³/mol. The molecule has 2 aliphatic rings. The van der Waals surface area contributed by atoms with Crippen LogP contribution in [0.5, 0.6) is 11.5 Å². The summed E-state index contributed by atoms with van der Waals surface area (Å²) < 4.78 is 17.3. The standard InChI is InChI=1S/C29H25N3O7S/c1-6-13-31-19-10-8-7-9-18(19)23(26(31)34)25-27(35)32-24(22(28(36)38-5)15(2)30-29(32)40-25)17-11-12-20(39-16(3)33)21(14-17)37-4/h6-12,14,24H,1,13H2,2-5H3/b25-23-/t24-/m0/s1. The Hall–Kier alpha value is -4.77. The molecule has 0 unspecified atom stereocenters. The Morgan fingerprint density at radius 3 is 2.55 bits per heavy atom. The Kier molecular flexibility index (Phi) is 6.99. The molecule has 0 N–H and O–H groups in total. The summed E-state index contributed by atoms with van der Waals surface area (Å²) in [5.41, 5.74) is 2.11. The number of benzene rings is 2. The molecule has 0 spiro atoms. The number of aromatic nitrogens is 1. The lowest BCUT2D eigenvalue weighted by atomic mass is 9.95. The number of ether oxygens (including phenoxy) is 3.